The fourth-order valence-electron chi connectivity index (χ4n) is 2.32. The zero-order valence-electron chi connectivity index (χ0n) is 13.0. The third-order valence-electron chi connectivity index (χ3n) is 3.58. The Morgan fingerprint density at radius 3 is 2.74 bits per heavy atom. The predicted molar refractivity (Wildman–Crippen MR) is 83.0 cm³/mol. The number of urea groups is 1. The van der Waals surface area contributed by atoms with Crippen molar-refractivity contribution in [2.45, 2.75) is 6.42 Å². The summed E-state index contributed by atoms with van der Waals surface area (Å²) in [7, 11) is 3.03. The van der Waals surface area contributed by atoms with Gasteiger partial charge in [0.2, 0.25) is 0 Å². The van der Waals surface area contributed by atoms with Crippen LogP contribution in [0.3, 0.4) is 0 Å². The van der Waals surface area contributed by atoms with Crippen LogP contribution in [-0.2, 0) is 4.79 Å². The molecule has 0 saturated carbocycles. The van der Waals surface area contributed by atoms with Crippen molar-refractivity contribution >= 4 is 23.6 Å². The van der Waals surface area contributed by atoms with E-state index < -0.39 is 5.97 Å². The van der Waals surface area contributed by atoms with E-state index in [2.05, 4.69) is 5.32 Å². The fraction of sp³-hybridized carbons (Fsp3) is 0.400. The normalized spacial score (nSPS) is 13.7. The van der Waals surface area contributed by atoms with Crippen LogP contribution < -0.4 is 15.0 Å². The molecule has 0 atom stereocenters. The molecule has 1 aliphatic rings. The smallest absolute Gasteiger partial charge is 0.322 e. The van der Waals surface area contributed by atoms with E-state index in [0.717, 1.165) is 0 Å². The molecule has 0 unspecified atom stereocenters. The van der Waals surface area contributed by atoms with E-state index in [1.54, 1.807) is 18.2 Å². The maximum atomic E-state index is 12.4. The molecule has 0 bridgehead atoms. The minimum Gasteiger partial charge on any atom is -0.495 e. The van der Waals surface area contributed by atoms with Crippen molar-refractivity contribution in [3.63, 3.8) is 0 Å². The molecule has 1 aromatic carbocycles. The van der Waals surface area contributed by atoms with Gasteiger partial charge in [-0.25, -0.2) is 4.79 Å². The number of carbonyl (C=O) groups excluding carboxylic acids is 2. The van der Waals surface area contributed by atoms with E-state index in [1.807, 2.05) is 0 Å². The summed E-state index contributed by atoms with van der Waals surface area (Å²) in [6.45, 7) is 1.13. The van der Waals surface area contributed by atoms with Gasteiger partial charge < -0.3 is 20.1 Å². The average molecular weight is 321 g/mol. The molecule has 23 heavy (non-hydrogen) atoms. The molecule has 3 amide bonds. The molecule has 1 fully saturated rings. The zero-order chi connectivity index (χ0) is 17.0. The molecule has 0 spiro atoms. The molecule has 0 aliphatic carbocycles. The number of hydrogen-bond donors (Lipinski definition) is 2. The third kappa shape index (κ3) is 3.71. The van der Waals surface area contributed by atoms with Gasteiger partial charge in [-0.05, 0) is 18.2 Å². The largest absolute Gasteiger partial charge is 0.495 e. The number of rotatable bonds is 6. The second-order valence-corrected chi connectivity index (χ2v) is 5.14. The lowest BCUT2D eigenvalue weighted by atomic mass is 10.1. The molecular weight excluding hydrogens is 302 g/mol. The van der Waals surface area contributed by atoms with Gasteiger partial charge in [-0.2, -0.15) is 0 Å². The number of carboxylic acid groups (broad SMARTS) is 1. The molecule has 1 aromatic rings. The standard InChI is InChI=1S/C15H19N3O5/c1-17(7-5-13(19)20)14(21)10-3-4-12(23-2)11(9-10)18-8-6-16-15(18)22/h3-4,9H,5-8H2,1-2H3,(H,16,22)(H,19,20). The van der Waals surface area contributed by atoms with E-state index in [4.69, 9.17) is 9.84 Å². The molecule has 0 radical (unpaired) electrons. The van der Waals surface area contributed by atoms with Gasteiger partial charge in [0.05, 0.1) is 19.2 Å². The van der Waals surface area contributed by atoms with Crippen molar-refractivity contribution < 1.29 is 24.2 Å². The van der Waals surface area contributed by atoms with Crippen LogP contribution in [0.5, 0.6) is 5.75 Å². The Labute approximate surface area is 133 Å². The van der Waals surface area contributed by atoms with Crippen LogP contribution >= 0.6 is 0 Å². The number of carbonyl (C=O) groups is 3. The Hall–Kier alpha value is -2.77. The summed E-state index contributed by atoms with van der Waals surface area (Å²) in [5.74, 6) is -0.782. The maximum absolute atomic E-state index is 12.4. The molecule has 124 valence electrons. The van der Waals surface area contributed by atoms with Gasteiger partial charge in [-0.15, -0.1) is 0 Å². The second-order valence-electron chi connectivity index (χ2n) is 5.14. The van der Waals surface area contributed by atoms with Crippen LogP contribution in [-0.4, -0.2) is 61.7 Å². The Bertz CT molecular complexity index is 632. The van der Waals surface area contributed by atoms with Crippen molar-refractivity contribution in [2.24, 2.45) is 0 Å². The minimum absolute atomic E-state index is 0.111. The first kappa shape index (κ1) is 16.6. The highest BCUT2D eigenvalue weighted by Crippen LogP contribution is 2.30. The molecule has 0 aromatic heterocycles. The minimum atomic E-state index is -0.964. The number of nitrogens with one attached hydrogen (secondary N) is 1. The molecule has 1 aliphatic heterocycles. The van der Waals surface area contributed by atoms with Crippen molar-refractivity contribution in [3.05, 3.63) is 23.8 Å². The Balaban J connectivity index is 2.24. The molecule has 1 saturated heterocycles. The topological polar surface area (TPSA) is 99.2 Å². The van der Waals surface area contributed by atoms with Gasteiger partial charge in [0.25, 0.3) is 5.91 Å². The Morgan fingerprint density at radius 1 is 1.43 bits per heavy atom. The number of ether oxygens (including phenoxy) is 1. The number of methoxy groups -OCH3 is 1. The summed E-state index contributed by atoms with van der Waals surface area (Å²) >= 11 is 0. The fourth-order valence-corrected chi connectivity index (χ4v) is 2.32. The van der Waals surface area contributed by atoms with E-state index in [1.165, 1.54) is 24.0 Å². The molecule has 2 rings (SSSR count). The third-order valence-corrected chi connectivity index (χ3v) is 3.58. The number of anilines is 1. The van der Waals surface area contributed by atoms with Gasteiger partial charge in [0.1, 0.15) is 5.75 Å². The summed E-state index contributed by atoms with van der Waals surface area (Å²) in [6.07, 6.45) is -0.125. The first-order chi connectivity index (χ1) is 10.9. The van der Waals surface area contributed by atoms with E-state index in [0.29, 0.717) is 30.1 Å². The second kappa shape index (κ2) is 6.99. The molecule has 8 nitrogen and oxygen atoms in total. The van der Waals surface area contributed by atoms with Crippen LogP contribution in [0.1, 0.15) is 16.8 Å². The molecule has 8 heteroatoms. The van der Waals surface area contributed by atoms with E-state index in [9.17, 15) is 14.4 Å². The maximum Gasteiger partial charge on any atom is 0.322 e. The highest BCUT2D eigenvalue weighted by atomic mass is 16.5. The first-order valence-electron chi connectivity index (χ1n) is 7.14. The van der Waals surface area contributed by atoms with Crippen molar-refractivity contribution in [1.82, 2.24) is 10.2 Å². The van der Waals surface area contributed by atoms with Crippen LogP contribution in [0.25, 0.3) is 0 Å². The highest BCUT2D eigenvalue weighted by molar-refractivity contribution is 5.99. The molecule has 2 N–H and O–H groups in total. The first-order valence-corrected chi connectivity index (χ1v) is 7.14. The summed E-state index contributed by atoms with van der Waals surface area (Å²) in [6, 6.07) is 4.56. The van der Waals surface area contributed by atoms with Crippen LogP contribution in [0.15, 0.2) is 18.2 Å². The number of aliphatic carboxylic acids is 1. The van der Waals surface area contributed by atoms with Gasteiger partial charge in [-0.3, -0.25) is 14.5 Å². The predicted octanol–water partition coefficient (Wildman–Crippen LogP) is 0.772. The van der Waals surface area contributed by atoms with Gasteiger partial charge in [-0.1, -0.05) is 0 Å². The molecular formula is C15H19N3O5. The van der Waals surface area contributed by atoms with Crippen molar-refractivity contribution in [1.29, 1.82) is 0 Å². The summed E-state index contributed by atoms with van der Waals surface area (Å²) in [4.78, 5) is 37.7. The lowest BCUT2D eigenvalue weighted by molar-refractivity contribution is -0.137. The molecule has 1 heterocycles. The summed E-state index contributed by atoms with van der Waals surface area (Å²) in [5, 5.41) is 11.4. The lowest BCUT2D eigenvalue weighted by Crippen LogP contribution is -2.30. The highest BCUT2D eigenvalue weighted by Gasteiger charge is 2.25. The average Bonchev–Trinajstić information content (AvgIpc) is 2.97. The summed E-state index contributed by atoms with van der Waals surface area (Å²) in [5.41, 5.74) is 0.883. The van der Waals surface area contributed by atoms with Crippen molar-refractivity contribution in [2.75, 3.05) is 38.7 Å². The van der Waals surface area contributed by atoms with Gasteiger partial charge in [0.15, 0.2) is 0 Å². The van der Waals surface area contributed by atoms with E-state index in [-0.39, 0.29) is 24.9 Å². The van der Waals surface area contributed by atoms with Gasteiger partial charge in [0, 0.05) is 32.2 Å². The zero-order valence-corrected chi connectivity index (χ0v) is 13.0. The van der Waals surface area contributed by atoms with E-state index >= 15 is 0 Å². The number of amides is 3. The number of carboxylic acids is 1. The monoisotopic (exact) mass is 321 g/mol. The van der Waals surface area contributed by atoms with Gasteiger partial charge >= 0.3 is 12.0 Å². The van der Waals surface area contributed by atoms with Crippen molar-refractivity contribution in [3.8, 4) is 5.75 Å². The lowest BCUT2D eigenvalue weighted by Gasteiger charge is -2.20. The Morgan fingerprint density at radius 2 is 2.17 bits per heavy atom. The van der Waals surface area contributed by atoms with Crippen LogP contribution in [0, 0.1) is 0 Å². The summed E-state index contributed by atoms with van der Waals surface area (Å²) < 4.78 is 5.26. The quantitative estimate of drug-likeness (QED) is 0.806. The van der Waals surface area contributed by atoms with Crippen LogP contribution in [0.2, 0.25) is 0 Å². The Kier molecular flexibility index (Phi) is 5.05. The van der Waals surface area contributed by atoms with Crippen LogP contribution in [0.4, 0.5) is 10.5 Å². The number of hydrogen-bond acceptors (Lipinski definition) is 4. The number of benzene rings is 1. The SMILES string of the molecule is COc1ccc(C(=O)N(C)CCC(=O)O)cc1N1CCNC1=O. The number of nitrogens with zero attached hydrogens (tertiary/aromatic N) is 2.